The Kier molecular flexibility index (Phi) is 5.01. The van der Waals surface area contributed by atoms with Crippen molar-refractivity contribution in [3.63, 3.8) is 0 Å². The molecule has 1 aliphatic rings. The van der Waals surface area contributed by atoms with Gasteiger partial charge in [-0.3, -0.25) is 10.1 Å². The van der Waals surface area contributed by atoms with Crippen LogP contribution in [0.1, 0.15) is 17.2 Å². The predicted molar refractivity (Wildman–Crippen MR) is 70.8 cm³/mol. The summed E-state index contributed by atoms with van der Waals surface area (Å²) < 4.78 is 10.1. The van der Waals surface area contributed by atoms with Gasteiger partial charge in [-0.05, 0) is 11.1 Å². The normalized spacial score (nSPS) is 21.9. The van der Waals surface area contributed by atoms with E-state index in [0.717, 1.165) is 11.1 Å². The first-order chi connectivity index (χ1) is 9.74. The number of carbonyl (C=O) groups excluding carboxylic acids is 2. The molecule has 106 valence electrons. The van der Waals surface area contributed by atoms with Gasteiger partial charge < -0.3 is 9.47 Å². The van der Waals surface area contributed by atoms with Crippen molar-refractivity contribution < 1.29 is 19.1 Å². The molecule has 20 heavy (non-hydrogen) atoms. The molecular formula is C14H16N2O4. The van der Waals surface area contributed by atoms with Crippen LogP contribution in [-0.4, -0.2) is 38.4 Å². The van der Waals surface area contributed by atoms with E-state index in [4.69, 9.17) is 9.47 Å². The fourth-order valence-electron chi connectivity index (χ4n) is 2.09. The molecule has 0 amide bonds. The van der Waals surface area contributed by atoms with Gasteiger partial charge >= 0.3 is 5.97 Å². The zero-order chi connectivity index (χ0) is 14.4. The van der Waals surface area contributed by atoms with Gasteiger partial charge in [-0.25, -0.2) is 9.79 Å². The number of methoxy groups -OCH3 is 1. The molecule has 1 saturated heterocycles. The average molecular weight is 276 g/mol. The summed E-state index contributed by atoms with van der Waals surface area (Å²) >= 11 is 0. The number of rotatable bonds is 4. The van der Waals surface area contributed by atoms with Crippen molar-refractivity contribution in [1.29, 1.82) is 0 Å². The van der Waals surface area contributed by atoms with Crippen molar-refractivity contribution in [2.45, 2.75) is 18.6 Å². The topological polar surface area (TPSA) is 77.0 Å². The van der Waals surface area contributed by atoms with Crippen LogP contribution in [0.25, 0.3) is 0 Å². The van der Waals surface area contributed by atoms with E-state index in [-0.39, 0.29) is 12.0 Å². The summed E-state index contributed by atoms with van der Waals surface area (Å²) in [4.78, 5) is 25.1. The molecule has 6 heteroatoms. The van der Waals surface area contributed by atoms with Crippen LogP contribution in [0, 0.1) is 0 Å². The second-order valence-corrected chi connectivity index (χ2v) is 4.48. The van der Waals surface area contributed by atoms with Crippen LogP contribution in [-0.2, 0) is 25.6 Å². The van der Waals surface area contributed by atoms with Gasteiger partial charge in [0.2, 0.25) is 6.08 Å². The number of morpholine rings is 1. The third kappa shape index (κ3) is 3.51. The summed E-state index contributed by atoms with van der Waals surface area (Å²) in [7, 11) is 1.36. The van der Waals surface area contributed by atoms with Crippen LogP contribution >= 0.6 is 0 Å². The molecule has 2 unspecified atom stereocenters. The maximum Gasteiger partial charge on any atom is 0.325 e. The van der Waals surface area contributed by atoms with E-state index < -0.39 is 6.04 Å². The SMILES string of the molecule is COC(=O)C1COCC(c2ccc(CN=C=O)cc2)N1. The number of aliphatic imine (C=N–C) groups is 1. The first-order valence-corrected chi connectivity index (χ1v) is 6.28. The van der Waals surface area contributed by atoms with Gasteiger partial charge in [0.05, 0.1) is 32.9 Å². The summed E-state index contributed by atoms with van der Waals surface area (Å²) in [5, 5.41) is 3.20. The average Bonchev–Trinajstić information content (AvgIpc) is 2.52. The largest absolute Gasteiger partial charge is 0.468 e. The van der Waals surface area contributed by atoms with Crippen LogP contribution in [0.3, 0.4) is 0 Å². The van der Waals surface area contributed by atoms with Crippen LogP contribution in [0.2, 0.25) is 0 Å². The number of benzene rings is 1. The standard InChI is InChI=1S/C14H16N2O4/c1-19-14(18)13-8-20-7-12(16-13)11-4-2-10(3-5-11)6-15-9-17/h2-5,12-13,16H,6-8H2,1H3. The maximum absolute atomic E-state index is 11.5. The van der Waals surface area contributed by atoms with Crippen LogP contribution in [0.4, 0.5) is 0 Å². The third-order valence-corrected chi connectivity index (χ3v) is 3.17. The molecule has 0 aliphatic carbocycles. The Morgan fingerprint density at radius 2 is 2.20 bits per heavy atom. The maximum atomic E-state index is 11.5. The van der Waals surface area contributed by atoms with E-state index in [2.05, 4.69) is 10.3 Å². The molecule has 0 saturated carbocycles. The lowest BCUT2D eigenvalue weighted by Crippen LogP contribution is -2.48. The van der Waals surface area contributed by atoms with Crippen LogP contribution in [0.15, 0.2) is 29.3 Å². The highest BCUT2D eigenvalue weighted by Gasteiger charge is 2.28. The summed E-state index contributed by atoms with van der Waals surface area (Å²) in [5.41, 5.74) is 1.94. The lowest BCUT2D eigenvalue weighted by molar-refractivity contribution is -0.147. The number of isocyanates is 1. The van der Waals surface area contributed by atoms with Crippen molar-refractivity contribution in [2.75, 3.05) is 20.3 Å². The molecule has 1 aromatic rings. The van der Waals surface area contributed by atoms with Crippen molar-refractivity contribution in [3.8, 4) is 0 Å². The molecule has 2 rings (SSSR count). The van der Waals surface area contributed by atoms with Crippen molar-refractivity contribution >= 4 is 12.0 Å². The Morgan fingerprint density at radius 1 is 1.45 bits per heavy atom. The Labute approximate surface area is 116 Å². The summed E-state index contributed by atoms with van der Waals surface area (Å²) in [6.07, 6.45) is 1.51. The summed E-state index contributed by atoms with van der Waals surface area (Å²) in [6.45, 7) is 1.14. The number of ether oxygens (including phenoxy) is 2. The van der Waals surface area contributed by atoms with Gasteiger partial charge in [0.1, 0.15) is 6.04 Å². The Hall–Kier alpha value is -2.01. The Morgan fingerprint density at radius 3 is 2.85 bits per heavy atom. The highest BCUT2D eigenvalue weighted by atomic mass is 16.5. The fourth-order valence-corrected chi connectivity index (χ4v) is 2.09. The molecule has 0 aromatic heterocycles. The van der Waals surface area contributed by atoms with Gasteiger partial charge in [0.15, 0.2) is 0 Å². The fraction of sp³-hybridized carbons (Fsp3) is 0.429. The number of nitrogens with one attached hydrogen (secondary N) is 1. The Bertz CT molecular complexity index is 508. The zero-order valence-corrected chi connectivity index (χ0v) is 11.2. The molecule has 0 spiro atoms. The quantitative estimate of drug-likeness (QED) is 0.498. The van der Waals surface area contributed by atoms with E-state index in [1.54, 1.807) is 0 Å². The molecule has 1 heterocycles. The third-order valence-electron chi connectivity index (χ3n) is 3.17. The number of hydrogen-bond acceptors (Lipinski definition) is 6. The number of hydrogen-bond donors (Lipinski definition) is 1. The molecule has 1 aliphatic heterocycles. The van der Waals surface area contributed by atoms with Crippen molar-refractivity contribution in [3.05, 3.63) is 35.4 Å². The zero-order valence-electron chi connectivity index (χ0n) is 11.2. The second-order valence-electron chi connectivity index (χ2n) is 4.48. The molecule has 1 N–H and O–H groups in total. The first-order valence-electron chi connectivity index (χ1n) is 6.28. The molecule has 6 nitrogen and oxygen atoms in total. The van der Waals surface area contributed by atoms with E-state index in [0.29, 0.717) is 19.8 Å². The molecule has 2 atom stereocenters. The van der Waals surface area contributed by atoms with Gasteiger partial charge in [-0.1, -0.05) is 24.3 Å². The molecule has 0 radical (unpaired) electrons. The lowest BCUT2D eigenvalue weighted by Gasteiger charge is -2.29. The van der Waals surface area contributed by atoms with E-state index >= 15 is 0 Å². The summed E-state index contributed by atoms with van der Waals surface area (Å²) in [5.74, 6) is -0.327. The van der Waals surface area contributed by atoms with Gasteiger partial charge in [-0.2, -0.15) is 0 Å². The van der Waals surface area contributed by atoms with E-state index in [9.17, 15) is 9.59 Å². The van der Waals surface area contributed by atoms with E-state index in [1.165, 1.54) is 13.2 Å². The second kappa shape index (κ2) is 6.96. The molecule has 1 aromatic carbocycles. The van der Waals surface area contributed by atoms with Crippen molar-refractivity contribution in [2.24, 2.45) is 4.99 Å². The highest BCUT2D eigenvalue weighted by Crippen LogP contribution is 2.19. The lowest BCUT2D eigenvalue weighted by atomic mass is 10.0. The minimum Gasteiger partial charge on any atom is -0.468 e. The number of esters is 1. The van der Waals surface area contributed by atoms with Crippen molar-refractivity contribution in [1.82, 2.24) is 5.32 Å². The van der Waals surface area contributed by atoms with Gasteiger partial charge in [0, 0.05) is 0 Å². The minimum absolute atomic E-state index is 0.0588. The molecular weight excluding hydrogens is 260 g/mol. The van der Waals surface area contributed by atoms with Crippen LogP contribution in [0.5, 0.6) is 0 Å². The predicted octanol–water partition coefficient (Wildman–Crippen LogP) is 0.725. The number of nitrogens with zero attached hydrogens (tertiary/aromatic N) is 1. The smallest absolute Gasteiger partial charge is 0.325 e. The van der Waals surface area contributed by atoms with Crippen LogP contribution < -0.4 is 5.32 Å². The minimum atomic E-state index is -0.446. The molecule has 1 fully saturated rings. The number of carbonyl (C=O) groups is 1. The monoisotopic (exact) mass is 276 g/mol. The van der Waals surface area contributed by atoms with Gasteiger partial charge in [-0.15, -0.1) is 0 Å². The molecule has 0 bridgehead atoms. The summed E-state index contributed by atoms with van der Waals surface area (Å²) in [6, 6.07) is 7.13. The van der Waals surface area contributed by atoms with Gasteiger partial charge in [0.25, 0.3) is 0 Å². The Balaban J connectivity index is 2.03. The van der Waals surface area contributed by atoms with E-state index in [1.807, 2.05) is 24.3 Å². The highest BCUT2D eigenvalue weighted by molar-refractivity contribution is 5.76. The first kappa shape index (κ1) is 14.4.